The summed E-state index contributed by atoms with van der Waals surface area (Å²) in [7, 11) is 0. The molecule has 1 N–H and O–H groups in total. The van der Waals surface area contributed by atoms with Crippen molar-refractivity contribution in [2.24, 2.45) is 0 Å². The maximum atomic E-state index is 12.2. The summed E-state index contributed by atoms with van der Waals surface area (Å²) < 4.78 is 15.6. The monoisotopic (exact) mass is 373 g/mol. The number of hydrogen-bond acceptors (Lipinski definition) is 5. The summed E-state index contributed by atoms with van der Waals surface area (Å²) in [6.07, 6.45) is 1.89. The number of carbonyl (C=O) groups is 2. The topological polar surface area (TPSA) is 73.9 Å². The molecule has 6 nitrogen and oxygen atoms in total. The van der Waals surface area contributed by atoms with Crippen LogP contribution in [-0.2, 0) is 14.3 Å². The Hall–Kier alpha value is -2.99. The zero-order valence-electron chi connectivity index (χ0n) is 13.9. The standard InChI is InChI=1S/C19H16ClNO5/c1-12(26-18(22)9-4-13-2-5-14(20)6-3-13)19(23)21-15-7-8-16-17(10-15)25-11-24-16/h2-10,12H,11H2,1H3,(H,21,23)/b9-4+/t12-/m1/s1. The minimum atomic E-state index is -0.956. The molecule has 26 heavy (non-hydrogen) atoms. The third kappa shape index (κ3) is 4.55. The van der Waals surface area contributed by atoms with E-state index in [-0.39, 0.29) is 6.79 Å². The summed E-state index contributed by atoms with van der Waals surface area (Å²) in [5.74, 6) is 0.110. The second-order valence-corrected chi connectivity index (χ2v) is 5.96. The highest BCUT2D eigenvalue weighted by atomic mass is 35.5. The van der Waals surface area contributed by atoms with Gasteiger partial charge < -0.3 is 19.5 Å². The maximum absolute atomic E-state index is 12.2. The average molecular weight is 374 g/mol. The van der Waals surface area contributed by atoms with E-state index in [1.54, 1.807) is 48.5 Å². The molecular formula is C19H16ClNO5. The van der Waals surface area contributed by atoms with Crippen LogP contribution in [0.1, 0.15) is 12.5 Å². The fourth-order valence-corrected chi connectivity index (χ4v) is 2.35. The highest BCUT2D eigenvalue weighted by Gasteiger charge is 2.19. The van der Waals surface area contributed by atoms with Crippen LogP contribution in [0, 0.1) is 0 Å². The number of carbonyl (C=O) groups excluding carboxylic acids is 2. The van der Waals surface area contributed by atoms with Crippen LogP contribution in [0.4, 0.5) is 5.69 Å². The lowest BCUT2D eigenvalue weighted by Gasteiger charge is -2.12. The normalized spacial score (nSPS) is 13.5. The summed E-state index contributed by atoms with van der Waals surface area (Å²) in [5, 5.41) is 3.28. The van der Waals surface area contributed by atoms with Gasteiger partial charge >= 0.3 is 5.97 Å². The second kappa shape index (κ2) is 7.93. The van der Waals surface area contributed by atoms with Crippen LogP contribution < -0.4 is 14.8 Å². The Morgan fingerprint density at radius 2 is 1.88 bits per heavy atom. The Morgan fingerprint density at radius 3 is 2.65 bits per heavy atom. The van der Waals surface area contributed by atoms with Crippen molar-refractivity contribution in [2.45, 2.75) is 13.0 Å². The van der Waals surface area contributed by atoms with Crippen molar-refractivity contribution < 1.29 is 23.8 Å². The lowest BCUT2D eigenvalue weighted by Crippen LogP contribution is -2.29. The SMILES string of the molecule is C[C@@H](OC(=O)/C=C/c1ccc(Cl)cc1)C(=O)Nc1ccc2c(c1)OCO2. The number of rotatable bonds is 5. The third-order valence-corrected chi connectivity index (χ3v) is 3.84. The van der Waals surface area contributed by atoms with Gasteiger partial charge in [-0.1, -0.05) is 23.7 Å². The van der Waals surface area contributed by atoms with E-state index in [0.29, 0.717) is 22.2 Å². The molecule has 1 amide bonds. The van der Waals surface area contributed by atoms with E-state index in [9.17, 15) is 9.59 Å². The smallest absolute Gasteiger partial charge is 0.331 e. The van der Waals surface area contributed by atoms with Crippen LogP contribution >= 0.6 is 11.6 Å². The molecule has 2 aromatic rings. The minimum absolute atomic E-state index is 0.153. The lowest BCUT2D eigenvalue weighted by molar-refractivity contribution is -0.148. The van der Waals surface area contributed by atoms with Gasteiger partial charge in [0.1, 0.15) is 0 Å². The van der Waals surface area contributed by atoms with E-state index >= 15 is 0 Å². The van der Waals surface area contributed by atoms with Crippen molar-refractivity contribution in [3.63, 3.8) is 0 Å². The molecule has 7 heteroatoms. The van der Waals surface area contributed by atoms with Gasteiger partial charge in [-0.3, -0.25) is 4.79 Å². The zero-order chi connectivity index (χ0) is 18.5. The van der Waals surface area contributed by atoms with E-state index in [1.165, 1.54) is 13.0 Å². The summed E-state index contributed by atoms with van der Waals surface area (Å²) in [6.45, 7) is 1.65. The van der Waals surface area contributed by atoms with Crippen molar-refractivity contribution in [3.05, 3.63) is 59.1 Å². The molecule has 0 saturated heterocycles. The van der Waals surface area contributed by atoms with Crippen LogP contribution in [0.25, 0.3) is 6.08 Å². The lowest BCUT2D eigenvalue weighted by atomic mass is 10.2. The van der Waals surface area contributed by atoms with Crippen molar-refractivity contribution in [3.8, 4) is 11.5 Å². The number of esters is 1. The maximum Gasteiger partial charge on any atom is 0.331 e. The fourth-order valence-electron chi connectivity index (χ4n) is 2.22. The summed E-state index contributed by atoms with van der Waals surface area (Å²) >= 11 is 5.80. The number of halogens is 1. The van der Waals surface area contributed by atoms with Gasteiger partial charge in [-0.2, -0.15) is 0 Å². The molecule has 1 aliphatic rings. The molecular weight excluding hydrogens is 358 g/mol. The average Bonchev–Trinajstić information content (AvgIpc) is 3.09. The van der Waals surface area contributed by atoms with Crippen molar-refractivity contribution in [1.82, 2.24) is 0 Å². The second-order valence-electron chi connectivity index (χ2n) is 5.52. The Labute approximate surface area is 155 Å². The largest absolute Gasteiger partial charge is 0.454 e. The number of anilines is 1. The number of fused-ring (bicyclic) bond motifs is 1. The number of benzene rings is 2. The molecule has 2 aromatic carbocycles. The highest BCUT2D eigenvalue weighted by molar-refractivity contribution is 6.30. The zero-order valence-corrected chi connectivity index (χ0v) is 14.7. The number of ether oxygens (including phenoxy) is 3. The van der Waals surface area contributed by atoms with Crippen LogP contribution in [0.3, 0.4) is 0 Å². The first kappa shape index (κ1) is 17.8. The summed E-state index contributed by atoms with van der Waals surface area (Å²) in [4.78, 5) is 24.0. The first-order chi connectivity index (χ1) is 12.5. The van der Waals surface area contributed by atoms with Gasteiger partial charge in [0.15, 0.2) is 17.6 Å². The van der Waals surface area contributed by atoms with Gasteiger partial charge in [-0.05, 0) is 42.8 Å². The van der Waals surface area contributed by atoms with Crippen molar-refractivity contribution in [1.29, 1.82) is 0 Å². The van der Waals surface area contributed by atoms with E-state index < -0.39 is 18.0 Å². The third-order valence-electron chi connectivity index (χ3n) is 3.58. The molecule has 0 spiro atoms. The van der Waals surface area contributed by atoms with Gasteiger partial charge in [0.2, 0.25) is 6.79 Å². The molecule has 134 valence electrons. The predicted molar refractivity (Wildman–Crippen MR) is 97.2 cm³/mol. The molecule has 0 saturated carbocycles. The molecule has 0 radical (unpaired) electrons. The molecule has 0 bridgehead atoms. The molecule has 0 unspecified atom stereocenters. The van der Waals surface area contributed by atoms with Crippen LogP contribution in [0.2, 0.25) is 5.02 Å². The van der Waals surface area contributed by atoms with Crippen molar-refractivity contribution in [2.75, 3.05) is 12.1 Å². The van der Waals surface area contributed by atoms with E-state index in [2.05, 4.69) is 5.32 Å². The van der Waals surface area contributed by atoms with Crippen LogP contribution in [-0.4, -0.2) is 24.8 Å². The first-order valence-electron chi connectivity index (χ1n) is 7.86. The van der Waals surface area contributed by atoms with Gasteiger partial charge in [0.05, 0.1) is 0 Å². The minimum Gasteiger partial charge on any atom is -0.454 e. The molecule has 0 fully saturated rings. The number of nitrogens with one attached hydrogen (secondary N) is 1. The Bertz CT molecular complexity index is 848. The predicted octanol–water partition coefficient (Wildman–Crippen LogP) is 3.65. The van der Waals surface area contributed by atoms with Crippen molar-refractivity contribution >= 4 is 35.2 Å². The summed E-state index contributed by atoms with van der Waals surface area (Å²) in [6, 6.07) is 12.0. The van der Waals surface area contributed by atoms with Gasteiger partial charge in [0.25, 0.3) is 5.91 Å². The van der Waals surface area contributed by atoms with Crippen LogP contribution in [0.5, 0.6) is 11.5 Å². The van der Waals surface area contributed by atoms with Crippen LogP contribution in [0.15, 0.2) is 48.5 Å². The number of amides is 1. The first-order valence-corrected chi connectivity index (χ1v) is 8.24. The Morgan fingerprint density at radius 1 is 1.15 bits per heavy atom. The van der Waals surface area contributed by atoms with E-state index in [1.807, 2.05) is 0 Å². The van der Waals surface area contributed by atoms with Gasteiger partial charge in [0, 0.05) is 22.9 Å². The van der Waals surface area contributed by atoms with E-state index in [0.717, 1.165) is 5.56 Å². The highest BCUT2D eigenvalue weighted by Crippen LogP contribution is 2.34. The Kier molecular flexibility index (Phi) is 5.43. The number of hydrogen-bond donors (Lipinski definition) is 1. The molecule has 0 aliphatic carbocycles. The van der Waals surface area contributed by atoms with E-state index in [4.69, 9.17) is 25.8 Å². The quantitative estimate of drug-likeness (QED) is 0.639. The van der Waals surface area contributed by atoms with Gasteiger partial charge in [-0.25, -0.2) is 4.79 Å². The Balaban J connectivity index is 1.53. The molecule has 1 heterocycles. The molecule has 0 aromatic heterocycles. The molecule has 3 rings (SSSR count). The molecule has 1 atom stereocenters. The molecule has 1 aliphatic heterocycles. The fraction of sp³-hybridized carbons (Fsp3) is 0.158. The summed E-state index contributed by atoms with van der Waals surface area (Å²) in [5.41, 5.74) is 1.32. The van der Waals surface area contributed by atoms with Gasteiger partial charge in [-0.15, -0.1) is 0 Å².